The van der Waals surface area contributed by atoms with E-state index in [4.69, 9.17) is 4.74 Å². The summed E-state index contributed by atoms with van der Waals surface area (Å²) in [5.41, 5.74) is 2.26. The van der Waals surface area contributed by atoms with Crippen LogP contribution in [0.25, 0.3) is 0 Å². The van der Waals surface area contributed by atoms with Crippen molar-refractivity contribution in [3.8, 4) is 5.75 Å². The molecule has 0 bridgehead atoms. The van der Waals surface area contributed by atoms with E-state index in [-0.39, 0.29) is 12.0 Å². The van der Waals surface area contributed by atoms with Crippen LogP contribution in [0.4, 0.5) is 5.69 Å². The number of anilines is 1. The van der Waals surface area contributed by atoms with Crippen LogP contribution in [0, 0.1) is 0 Å². The van der Waals surface area contributed by atoms with Gasteiger partial charge in [0.25, 0.3) is 5.91 Å². The van der Waals surface area contributed by atoms with Gasteiger partial charge < -0.3 is 10.1 Å². The van der Waals surface area contributed by atoms with Gasteiger partial charge in [0.1, 0.15) is 5.75 Å². The average Bonchev–Trinajstić information content (AvgIpc) is 2.85. The zero-order valence-corrected chi connectivity index (χ0v) is 20.9. The number of carbonyl (C=O) groups excluding carboxylic acids is 1. The van der Waals surface area contributed by atoms with Crippen LogP contribution < -0.4 is 10.1 Å². The Kier molecular flexibility index (Phi) is 7.85. The molecule has 1 fully saturated rings. The van der Waals surface area contributed by atoms with Gasteiger partial charge in [0.15, 0.2) is 0 Å². The third kappa shape index (κ3) is 6.48. The number of rotatable bonds is 8. The number of nitrogens with zero attached hydrogens (tertiary/aromatic N) is 2. The summed E-state index contributed by atoms with van der Waals surface area (Å²) in [4.78, 5) is 15.4. The van der Waals surface area contributed by atoms with Gasteiger partial charge in [0.2, 0.25) is 10.0 Å². The first-order valence-electron chi connectivity index (χ1n) is 11.8. The second-order valence-corrected chi connectivity index (χ2v) is 10.8. The summed E-state index contributed by atoms with van der Waals surface area (Å²) < 4.78 is 32.9. The number of hydrogen-bond acceptors (Lipinski definition) is 5. The Morgan fingerprint density at radius 1 is 0.914 bits per heavy atom. The van der Waals surface area contributed by atoms with Gasteiger partial charge in [-0.2, -0.15) is 4.31 Å². The SMILES string of the molecule is CC(C)Oc1cccc(NC(=O)c2cccc(CN3CCN(S(=O)(=O)c4ccccc4)CC3)c2)c1. The molecule has 1 heterocycles. The maximum Gasteiger partial charge on any atom is 0.255 e. The fourth-order valence-corrected chi connectivity index (χ4v) is 5.50. The summed E-state index contributed by atoms with van der Waals surface area (Å²) in [5.74, 6) is 0.521. The molecule has 8 heteroatoms. The number of carbonyl (C=O) groups is 1. The second-order valence-electron chi connectivity index (χ2n) is 8.84. The Labute approximate surface area is 207 Å². The summed E-state index contributed by atoms with van der Waals surface area (Å²) in [6.45, 7) is 6.70. The van der Waals surface area contributed by atoms with Crippen molar-refractivity contribution in [3.05, 3.63) is 90.0 Å². The van der Waals surface area contributed by atoms with Crippen LogP contribution >= 0.6 is 0 Å². The molecule has 3 aromatic rings. The minimum atomic E-state index is -3.47. The minimum absolute atomic E-state index is 0.0537. The van der Waals surface area contributed by atoms with Crippen molar-refractivity contribution in [2.75, 3.05) is 31.5 Å². The highest BCUT2D eigenvalue weighted by Crippen LogP contribution is 2.21. The highest BCUT2D eigenvalue weighted by molar-refractivity contribution is 7.89. The van der Waals surface area contributed by atoms with Gasteiger partial charge in [-0.15, -0.1) is 0 Å². The molecule has 7 nitrogen and oxygen atoms in total. The molecule has 3 aromatic carbocycles. The quantitative estimate of drug-likeness (QED) is 0.508. The molecule has 0 aliphatic carbocycles. The molecule has 1 aliphatic rings. The molecule has 0 atom stereocenters. The molecule has 0 aromatic heterocycles. The van der Waals surface area contributed by atoms with E-state index in [0.717, 1.165) is 5.56 Å². The zero-order valence-electron chi connectivity index (χ0n) is 20.1. The third-order valence-corrected chi connectivity index (χ3v) is 7.68. The zero-order chi connectivity index (χ0) is 24.8. The number of piperazine rings is 1. The van der Waals surface area contributed by atoms with E-state index in [1.54, 1.807) is 34.6 Å². The molecule has 35 heavy (non-hydrogen) atoms. The van der Waals surface area contributed by atoms with E-state index in [1.807, 2.05) is 62.4 Å². The van der Waals surface area contributed by atoms with Crippen LogP contribution in [0.2, 0.25) is 0 Å². The smallest absolute Gasteiger partial charge is 0.255 e. The van der Waals surface area contributed by atoms with Crippen LogP contribution in [0.3, 0.4) is 0 Å². The lowest BCUT2D eigenvalue weighted by Crippen LogP contribution is -2.48. The normalized spacial score (nSPS) is 15.2. The Morgan fingerprint density at radius 2 is 1.63 bits per heavy atom. The standard InChI is InChI=1S/C27H31N3O4S/c1-21(2)34-25-11-7-10-24(19-25)28-27(31)23-9-6-8-22(18-23)20-29-14-16-30(17-15-29)35(32,33)26-12-4-3-5-13-26/h3-13,18-19,21H,14-17,20H2,1-2H3,(H,28,31). The lowest BCUT2D eigenvalue weighted by molar-refractivity contribution is 0.102. The molecule has 4 rings (SSSR count). The minimum Gasteiger partial charge on any atom is -0.491 e. The lowest BCUT2D eigenvalue weighted by atomic mass is 10.1. The first-order valence-corrected chi connectivity index (χ1v) is 13.2. The van der Waals surface area contributed by atoms with Crippen LogP contribution in [0.15, 0.2) is 83.8 Å². The van der Waals surface area contributed by atoms with Crippen LogP contribution in [0.1, 0.15) is 29.8 Å². The van der Waals surface area contributed by atoms with Gasteiger partial charge in [0, 0.05) is 50.0 Å². The van der Waals surface area contributed by atoms with Crippen molar-refractivity contribution in [1.29, 1.82) is 0 Å². The summed E-state index contributed by atoms with van der Waals surface area (Å²) in [6.07, 6.45) is 0.0537. The van der Waals surface area contributed by atoms with Gasteiger partial charge in [-0.25, -0.2) is 8.42 Å². The van der Waals surface area contributed by atoms with Crippen molar-refractivity contribution in [2.24, 2.45) is 0 Å². The van der Waals surface area contributed by atoms with Crippen molar-refractivity contribution in [3.63, 3.8) is 0 Å². The van der Waals surface area contributed by atoms with E-state index >= 15 is 0 Å². The van der Waals surface area contributed by atoms with Crippen LogP contribution in [-0.4, -0.2) is 55.8 Å². The maximum atomic E-state index is 12.9. The summed E-state index contributed by atoms with van der Waals surface area (Å²) in [7, 11) is -3.47. The molecule has 1 N–H and O–H groups in total. The number of hydrogen-bond donors (Lipinski definition) is 1. The van der Waals surface area contributed by atoms with Crippen LogP contribution in [0.5, 0.6) is 5.75 Å². The van der Waals surface area contributed by atoms with Gasteiger partial charge in [-0.1, -0.05) is 36.4 Å². The third-order valence-electron chi connectivity index (χ3n) is 5.77. The van der Waals surface area contributed by atoms with E-state index in [1.165, 1.54) is 0 Å². The number of amides is 1. The van der Waals surface area contributed by atoms with Crippen molar-refractivity contribution in [2.45, 2.75) is 31.4 Å². The lowest BCUT2D eigenvalue weighted by Gasteiger charge is -2.34. The summed E-state index contributed by atoms with van der Waals surface area (Å²) in [5, 5.41) is 2.93. The van der Waals surface area contributed by atoms with Gasteiger partial charge in [-0.3, -0.25) is 9.69 Å². The highest BCUT2D eigenvalue weighted by Gasteiger charge is 2.28. The number of nitrogens with one attached hydrogen (secondary N) is 1. The van der Waals surface area contributed by atoms with E-state index < -0.39 is 10.0 Å². The Hall–Kier alpha value is -3.20. The summed E-state index contributed by atoms with van der Waals surface area (Å²) >= 11 is 0. The largest absolute Gasteiger partial charge is 0.491 e. The highest BCUT2D eigenvalue weighted by atomic mass is 32.2. The molecule has 0 radical (unpaired) electrons. The fraction of sp³-hybridized carbons (Fsp3) is 0.296. The fourth-order valence-electron chi connectivity index (χ4n) is 4.06. The molecule has 0 saturated carbocycles. The molecule has 0 unspecified atom stereocenters. The number of sulfonamides is 1. The van der Waals surface area contributed by atoms with Crippen molar-refractivity contribution >= 4 is 21.6 Å². The number of ether oxygens (including phenoxy) is 1. The van der Waals surface area contributed by atoms with Crippen LogP contribution in [-0.2, 0) is 16.6 Å². The predicted molar refractivity (Wildman–Crippen MR) is 137 cm³/mol. The molecule has 1 amide bonds. The van der Waals surface area contributed by atoms with E-state index in [9.17, 15) is 13.2 Å². The maximum absolute atomic E-state index is 12.9. The Bertz CT molecular complexity index is 1250. The monoisotopic (exact) mass is 493 g/mol. The molecular weight excluding hydrogens is 462 g/mol. The van der Waals surface area contributed by atoms with Gasteiger partial charge in [0.05, 0.1) is 11.0 Å². The Balaban J connectivity index is 1.35. The first-order chi connectivity index (χ1) is 16.8. The number of benzene rings is 3. The van der Waals surface area contributed by atoms with E-state index in [2.05, 4.69) is 10.2 Å². The molecule has 1 saturated heterocycles. The van der Waals surface area contributed by atoms with Crippen molar-refractivity contribution in [1.82, 2.24) is 9.21 Å². The predicted octanol–water partition coefficient (Wildman–Crippen LogP) is 4.23. The summed E-state index contributed by atoms with van der Waals surface area (Å²) in [6, 6.07) is 23.4. The van der Waals surface area contributed by atoms with Gasteiger partial charge in [-0.05, 0) is 55.8 Å². The molecule has 184 valence electrons. The van der Waals surface area contributed by atoms with Crippen molar-refractivity contribution < 1.29 is 17.9 Å². The van der Waals surface area contributed by atoms with E-state index in [0.29, 0.717) is 54.6 Å². The Morgan fingerprint density at radius 3 is 2.34 bits per heavy atom. The second kappa shape index (κ2) is 11.0. The average molecular weight is 494 g/mol. The van der Waals surface area contributed by atoms with Gasteiger partial charge >= 0.3 is 0 Å². The topological polar surface area (TPSA) is 79.0 Å². The first kappa shape index (κ1) is 24.9. The molecule has 0 spiro atoms. The molecule has 1 aliphatic heterocycles. The molecular formula is C27H31N3O4S.